The fourth-order valence-electron chi connectivity index (χ4n) is 6.04. The zero-order chi connectivity index (χ0) is 36.0. The molecule has 0 aromatic carbocycles. The Kier molecular flexibility index (Phi) is 9.59. The Labute approximate surface area is 292 Å². The summed E-state index contributed by atoms with van der Waals surface area (Å²) in [5.41, 5.74) is 1.63. The van der Waals surface area contributed by atoms with E-state index in [1.165, 1.54) is 4.90 Å². The van der Waals surface area contributed by atoms with Crippen LogP contribution in [0.15, 0.2) is 36.7 Å². The van der Waals surface area contributed by atoms with Crippen LogP contribution in [0.1, 0.15) is 91.8 Å². The third-order valence-corrected chi connectivity index (χ3v) is 8.49. The molecule has 0 bridgehead atoms. The monoisotopic (exact) mass is 690 g/mol. The number of aromatic nitrogens is 5. The largest absolute Gasteiger partial charge is 0.476 e. The van der Waals surface area contributed by atoms with Gasteiger partial charge in [0.15, 0.2) is 11.5 Å². The van der Waals surface area contributed by atoms with Gasteiger partial charge in [-0.2, -0.15) is 9.61 Å². The number of hydrogen-bond donors (Lipinski definition) is 2. The van der Waals surface area contributed by atoms with Gasteiger partial charge in [0, 0.05) is 36.8 Å². The number of carbonyl (C=O) groups is 2. The minimum Gasteiger partial charge on any atom is -0.476 e. The first-order valence-corrected chi connectivity index (χ1v) is 17.5. The van der Waals surface area contributed by atoms with Crippen LogP contribution in [0, 0.1) is 5.92 Å². The van der Waals surface area contributed by atoms with Crippen LogP contribution in [-0.2, 0) is 16.0 Å². The maximum absolute atomic E-state index is 14.0. The van der Waals surface area contributed by atoms with Crippen LogP contribution in [0.2, 0.25) is 0 Å². The lowest BCUT2D eigenvalue weighted by atomic mass is 9.94. The van der Waals surface area contributed by atoms with Crippen molar-refractivity contribution in [3.8, 4) is 5.88 Å². The molecule has 4 aromatic rings. The van der Waals surface area contributed by atoms with E-state index in [0.29, 0.717) is 59.9 Å². The highest BCUT2D eigenvalue weighted by Gasteiger charge is 2.34. The summed E-state index contributed by atoms with van der Waals surface area (Å²) in [6, 6.07) is 7.45. The molecule has 6 rings (SSSR count). The molecule has 1 saturated carbocycles. The van der Waals surface area contributed by atoms with Gasteiger partial charge in [0.25, 0.3) is 0 Å². The number of aliphatic hydroxyl groups is 1. The molecule has 2 fully saturated rings. The molecule has 1 aliphatic carbocycles. The maximum atomic E-state index is 14.0. The fraction of sp³-hybridized carbons (Fsp3) is 0.583. The van der Waals surface area contributed by atoms with Gasteiger partial charge in [0.1, 0.15) is 28.5 Å². The smallest absolute Gasteiger partial charge is 0.416 e. The molecular weight excluding hydrogens is 640 g/mol. The summed E-state index contributed by atoms with van der Waals surface area (Å²) in [5, 5.41) is 19.2. The maximum Gasteiger partial charge on any atom is 0.416 e. The second kappa shape index (κ2) is 13.6. The molecule has 1 aliphatic heterocycles. The van der Waals surface area contributed by atoms with Gasteiger partial charge in [0.05, 0.1) is 37.2 Å². The highest BCUT2D eigenvalue weighted by molar-refractivity contribution is 5.88. The van der Waals surface area contributed by atoms with Crippen molar-refractivity contribution in [2.24, 2.45) is 5.92 Å². The minimum atomic E-state index is -0.757. The van der Waals surface area contributed by atoms with Crippen LogP contribution in [0.25, 0.3) is 11.3 Å². The molecule has 0 spiro atoms. The standard InChI is InChI=1S/C36H50N8O6/c1-22(2)48-31-11-9-10-29-39-25(19-42(29)31)20-43(34(47)50-36(6,7)8)30-16-28(40-32-26(23-12-13-23)18-38-44(30)32)37-17-24-14-15-41(21-27(24)45)33(46)49-35(3,4)5/h9-11,16,18-19,22-24,27,45H,12-15,17,20-21H2,1-8H3,(H,37,40)/t24-,27+/m1/s1. The normalized spacial score (nSPS) is 18.5. The summed E-state index contributed by atoms with van der Waals surface area (Å²) in [6.07, 6.45) is 4.63. The number of nitrogens with one attached hydrogen (secondary N) is 1. The second-order valence-electron chi connectivity index (χ2n) is 15.6. The van der Waals surface area contributed by atoms with E-state index in [2.05, 4.69) is 5.32 Å². The Morgan fingerprint density at radius 2 is 1.80 bits per heavy atom. The van der Waals surface area contributed by atoms with Gasteiger partial charge in [-0.3, -0.25) is 9.30 Å². The number of ether oxygens (including phenoxy) is 3. The number of imidazole rings is 1. The van der Waals surface area contributed by atoms with Crippen molar-refractivity contribution < 1.29 is 28.9 Å². The van der Waals surface area contributed by atoms with Crippen molar-refractivity contribution in [3.63, 3.8) is 0 Å². The minimum absolute atomic E-state index is 0.0279. The Morgan fingerprint density at radius 1 is 1.06 bits per heavy atom. The molecular formula is C36H50N8O6. The molecule has 14 nitrogen and oxygen atoms in total. The highest BCUT2D eigenvalue weighted by Crippen LogP contribution is 2.42. The number of amides is 2. The summed E-state index contributed by atoms with van der Waals surface area (Å²) in [5.74, 6) is 1.88. The van der Waals surface area contributed by atoms with Gasteiger partial charge in [-0.25, -0.2) is 19.6 Å². The first kappa shape index (κ1) is 35.2. The number of rotatable bonds is 9. The van der Waals surface area contributed by atoms with Gasteiger partial charge < -0.3 is 29.5 Å². The Balaban J connectivity index is 1.31. The Hall–Kier alpha value is -4.59. The number of hydrogen-bond acceptors (Lipinski definition) is 10. The Bertz CT molecular complexity index is 1850. The highest BCUT2D eigenvalue weighted by atomic mass is 16.6. The third-order valence-electron chi connectivity index (χ3n) is 8.49. The lowest BCUT2D eigenvalue weighted by Crippen LogP contribution is -2.49. The number of nitrogens with zero attached hydrogens (tertiary/aromatic N) is 7. The SMILES string of the molecule is CC(C)Oc1cccc2nc(CN(C(=O)OC(C)(C)C)c3cc(NC[C@H]4CCN(C(=O)OC(C)(C)C)C[C@@H]4O)nc4c(C5CC5)cnn34)cn12. The van der Waals surface area contributed by atoms with Gasteiger partial charge in [-0.05, 0) is 92.7 Å². The van der Waals surface area contributed by atoms with Crippen molar-refractivity contribution >= 4 is 35.1 Å². The Morgan fingerprint density at radius 3 is 2.46 bits per heavy atom. The van der Waals surface area contributed by atoms with E-state index in [1.807, 2.05) is 90.4 Å². The number of carbonyl (C=O) groups excluding carboxylic acids is 2. The average molecular weight is 691 g/mol. The van der Waals surface area contributed by atoms with Crippen molar-refractivity contribution in [2.45, 2.75) is 111 Å². The summed E-state index contributed by atoms with van der Waals surface area (Å²) >= 11 is 0. The summed E-state index contributed by atoms with van der Waals surface area (Å²) in [6.45, 7) is 16.1. The molecule has 2 aliphatic rings. The molecule has 270 valence electrons. The zero-order valence-corrected chi connectivity index (χ0v) is 30.3. The molecule has 14 heteroatoms. The number of pyridine rings is 1. The first-order chi connectivity index (χ1) is 23.5. The number of fused-ring (bicyclic) bond motifs is 2. The molecule has 1 saturated heterocycles. The summed E-state index contributed by atoms with van der Waals surface area (Å²) < 4.78 is 21.0. The number of likely N-dealkylation sites (tertiary alicyclic amines) is 1. The van der Waals surface area contributed by atoms with E-state index >= 15 is 0 Å². The molecule has 5 heterocycles. The molecule has 2 N–H and O–H groups in total. The summed E-state index contributed by atoms with van der Waals surface area (Å²) in [4.78, 5) is 39.5. The summed E-state index contributed by atoms with van der Waals surface area (Å²) in [7, 11) is 0. The quantitative estimate of drug-likeness (QED) is 0.214. The van der Waals surface area contributed by atoms with E-state index in [0.717, 1.165) is 18.4 Å². The fourth-order valence-corrected chi connectivity index (χ4v) is 6.04. The molecule has 0 unspecified atom stereocenters. The first-order valence-electron chi connectivity index (χ1n) is 17.5. The number of aliphatic hydroxyl groups excluding tert-OH is 1. The molecule has 0 radical (unpaired) electrons. The number of piperidine rings is 1. The predicted octanol–water partition coefficient (Wildman–Crippen LogP) is 6.01. The zero-order valence-electron chi connectivity index (χ0n) is 30.3. The van der Waals surface area contributed by atoms with Crippen LogP contribution >= 0.6 is 0 Å². The molecule has 4 aromatic heterocycles. The predicted molar refractivity (Wildman–Crippen MR) is 189 cm³/mol. The van der Waals surface area contributed by atoms with E-state index in [4.69, 9.17) is 29.3 Å². The van der Waals surface area contributed by atoms with Crippen LogP contribution in [0.3, 0.4) is 0 Å². The molecule has 2 atom stereocenters. The number of anilines is 2. The third kappa shape index (κ3) is 8.23. The van der Waals surface area contributed by atoms with Crippen LogP contribution in [0.4, 0.5) is 21.2 Å². The average Bonchev–Trinajstić information content (AvgIpc) is 3.61. The number of β-amino-alcohol motifs (C(OH)–C–C–N with tert-alkyl or cyclic N) is 1. The molecule has 50 heavy (non-hydrogen) atoms. The van der Waals surface area contributed by atoms with E-state index in [-0.39, 0.29) is 25.1 Å². The van der Waals surface area contributed by atoms with Gasteiger partial charge in [0.2, 0.25) is 0 Å². The van der Waals surface area contributed by atoms with Gasteiger partial charge in [-0.1, -0.05) is 6.07 Å². The molecule has 2 amide bonds. The van der Waals surface area contributed by atoms with E-state index in [9.17, 15) is 14.7 Å². The van der Waals surface area contributed by atoms with Crippen LogP contribution < -0.4 is 15.0 Å². The van der Waals surface area contributed by atoms with Crippen molar-refractivity contribution in [1.29, 1.82) is 0 Å². The van der Waals surface area contributed by atoms with Gasteiger partial charge in [-0.15, -0.1) is 0 Å². The lowest BCUT2D eigenvalue weighted by molar-refractivity contribution is -0.0104. The van der Waals surface area contributed by atoms with Crippen LogP contribution in [0.5, 0.6) is 5.88 Å². The second-order valence-corrected chi connectivity index (χ2v) is 15.6. The van der Waals surface area contributed by atoms with E-state index < -0.39 is 29.5 Å². The van der Waals surface area contributed by atoms with E-state index in [1.54, 1.807) is 15.5 Å². The van der Waals surface area contributed by atoms with Crippen molar-refractivity contribution in [1.82, 2.24) is 28.9 Å². The van der Waals surface area contributed by atoms with Crippen LogP contribution in [-0.4, -0.2) is 89.2 Å². The lowest BCUT2D eigenvalue weighted by Gasteiger charge is -2.36. The van der Waals surface area contributed by atoms with Crippen molar-refractivity contribution in [2.75, 3.05) is 29.9 Å². The van der Waals surface area contributed by atoms with Gasteiger partial charge >= 0.3 is 12.2 Å². The van der Waals surface area contributed by atoms with Crippen molar-refractivity contribution in [3.05, 3.63) is 47.9 Å². The topological polar surface area (TPSA) is 148 Å².